The molecule has 24 heavy (non-hydrogen) atoms. The van der Waals surface area contributed by atoms with E-state index in [2.05, 4.69) is 10.6 Å². The van der Waals surface area contributed by atoms with Crippen LogP contribution in [0.1, 0.15) is 18.1 Å². The molecule has 1 atom stereocenters. The summed E-state index contributed by atoms with van der Waals surface area (Å²) in [4.78, 5) is 24.1. The average molecular weight is 345 g/mol. The van der Waals surface area contributed by atoms with Crippen molar-refractivity contribution in [3.8, 4) is 0 Å². The molecule has 0 spiro atoms. The monoisotopic (exact) mass is 345 g/mol. The summed E-state index contributed by atoms with van der Waals surface area (Å²) < 4.78 is 0.685. The largest absolute Gasteiger partial charge is 0.618 e. The van der Waals surface area contributed by atoms with Gasteiger partial charge in [0.05, 0.1) is 5.25 Å². The molecule has 126 valence electrons. The Hall–Kier alpha value is -2.54. The van der Waals surface area contributed by atoms with Crippen LogP contribution in [0, 0.1) is 19.1 Å². The maximum absolute atomic E-state index is 12.1. The van der Waals surface area contributed by atoms with Crippen LogP contribution in [-0.4, -0.2) is 17.2 Å². The number of thioether (sulfide) groups is 1. The van der Waals surface area contributed by atoms with Crippen LogP contribution in [0.4, 0.5) is 10.5 Å². The molecular weight excluding hydrogens is 326 g/mol. The zero-order valence-electron chi connectivity index (χ0n) is 13.7. The van der Waals surface area contributed by atoms with Gasteiger partial charge in [0, 0.05) is 17.8 Å². The van der Waals surface area contributed by atoms with Gasteiger partial charge in [0.1, 0.15) is 0 Å². The van der Waals surface area contributed by atoms with Gasteiger partial charge in [-0.2, -0.15) is 4.73 Å². The first-order valence-corrected chi connectivity index (χ1v) is 8.28. The number of amides is 3. The molecule has 1 unspecified atom stereocenters. The number of carbonyl (C=O) groups excluding carboxylic acids is 2. The van der Waals surface area contributed by atoms with E-state index in [0.29, 0.717) is 15.4 Å². The highest BCUT2D eigenvalue weighted by Gasteiger charge is 2.20. The first-order valence-electron chi connectivity index (χ1n) is 7.41. The normalized spacial score (nSPS) is 11.6. The molecule has 6 nitrogen and oxygen atoms in total. The zero-order chi connectivity index (χ0) is 17.7. The number of hydrogen-bond acceptors (Lipinski definition) is 4. The fourth-order valence-electron chi connectivity index (χ4n) is 2.06. The number of carbonyl (C=O) groups is 2. The van der Waals surface area contributed by atoms with E-state index in [0.717, 1.165) is 22.9 Å². The minimum absolute atomic E-state index is 0.398. The Morgan fingerprint density at radius 2 is 1.96 bits per heavy atom. The second kappa shape index (κ2) is 7.83. The van der Waals surface area contributed by atoms with Crippen molar-refractivity contribution in [3.05, 3.63) is 58.9 Å². The molecule has 0 saturated heterocycles. The fraction of sp³-hybridized carbons (Fsp3) is 0.235. The highest BCUT2D eigenvalue weighted by molar-refractivity contribution is 8.00. The van der Waals surface area contributed by atoms with E-state index < -0.39 is 17.2 Å². The molecule has 0 aliphatic heterocycles. The van der Waals surface area contributed by atoms with Gasteiger partial charge in [-0.25, -0.2) is 4.79 Å². The molecule has 0 aliphatic carbocycles. The smallest absolute Gasteiger partial charge is 0.325 e. The molecule has 0 fully saturated rings. The summed E-state index contributed by atoms with van der Waals surface area (Å²) in [5, 5.41) is 16.3. The van der Waals surface area contributed by atoms with Gasteiger partial charge >= 0.3 is 6.03 Å². The van der Waals surface area contributed by atoms with Crippen LogP contribution in [0.25, 0.3) is 0 Å². The van der Waals surface area contributed by atoms with E-state index in [9.17, 15) is 14.8 Å². The summed E-state index contributed by atoms with van der Waals surface area (Å²) in [5.74, 6) is -0.467. The van der Waals surface area contributed by atoms with Gasteiger partial charge in [-0.05, 0) is 50.2 Å². The molecule has 1 aromatic heterocycles. The van der Waals surface area contributed by atoms with Gasteiger partial charge in [0.2, 0.25) is 5.91 Å². The SMILES string of the molecule is Cc1ccc(NC(=O)NC(=O)C(C)Sc2cccc[n+]2[O-])c(C)c1. The first kappa shape index (κ1) is 17.8. The van der Waals surface area contributed by atoms with Crippen molar-refractivity contribution in [2.75, 3.05) is 5.32 Å². The van der Waals surface area contributed by atoms with Crippen LogP contribution in [0.5, 0.6) is 0 Å². The number of imide groups is 1. The number of pyridine rings is 1. The van der Waals surface area contributed by atoms with Gasteiger partial charge in [-0.1, -0.05) is 17.7 Å². The molecule has 0 aliphatic rings. The summed E-state index contributed by atoms with van der Waals surface area (Å²) in [6, 6.07) is 9.97. The standard InChI is InChI=1S/C17H19N3O3S/c1-11-7-8-14(12(2)10-11)18-17(22)19-16(21)13(3)24-15-6-4-5-9-20(15)23/h4-10,13H,1-3H3,(H2,18,19,21,22). The average Bonchev–Trinajstić information content (AvgIpc) is 2.52. The van der Waals surface area contributed by atoms with Gasteiger partial charge in [0.25, 0.3) is 5.03 Å². The van der Waals surface area contributed by atoms with Crippen molar-refractivity contribution in [3.63, 3.8) is 0 Å². The van der Waals surface area contributed by atoms with E-state index in [4.69, 9.17) is 0 Å². The Morgan fingerprint density at radius 3 is 2.62 bits per heavy atom. The zero-order valence-corrected chi connectivity index (χ0v) is 14.5. The second-order valence-corrected chi connectivity index (χ2v) is 6.75. The third-order valence-electron chi connectivity index (χ3n) is 3.32. The number of nitrogens with one attached hydrogen (secondary N) is 2. The van der Waals surface area contributed by atoms with E-state index in [-0.39, 0.29) is 0 Å². The molecule has 2 rings (SSSR count). The molecule has 1 heterocycles. The summed E-state index contributed by atoms with van der Waals surface area (Å²) in [7, 11) is 0. The third kappa shape index (κ3) is 4.73. The Bertz CT molecular complexity index is 764. The number of nitrogens with zero attached hydrogens (tertiary/aromatic N) is 1. The van der Waals surface area contributed by atoms with E-state index in [1.54, 1.807) is 31.2 Å². The number of aryl methyl sites for hydroxylation is 2. The van der Waals surface area contributed by atoms with Crippen molar-refractivity contribution >= 4 is 29.4 Å². The van der Waals surface area contributed by atoms with Gasteiger partial charge in [0.15, 0.2) is 6.20 Å². The molecule has 1 aromatic carbocycles. The Labute approximate surface area is 144 Å². The summed E-state index contributed by atoms with van der Waals surface area (Å²) in [6.07, 6.45) is 1.36. The Morgan fingerprint density at radius 1 is 1.21 bits per heavy atom. The predicted octanol–water partition coefficient (Wildman–Crippen LogP) is 2.77. The quantitative estimate of drug-likeness (QED) is 0.507. The van der Waals surface area contributed by atoms with E-state index in [1.165, 1.54) is 6.20 Å². The van der Waals surface area contributed by atoms with Crippen molar-refractivity contribution in [1.82, 2.24) is 5.32 Å². The lowest BCUT2D eigenvalue weighted by atomic mass is 10.1. The maximum Gasteiger partial charge on any atom is 0.325 e. The van der Waals surface area contributed by atoms with Crippen LogP contribution in [0.15, 0.2) is 47.6 Å². The van der Waals surface area contributed by atoms with Crippen molar-refractivity contribution in [2.24, 2.45) is 0 Å². The molecule has 2 N–H and O–H groups in total. The molecule has 2 aromatic rings. The van der Waals surface area contributed by atoms with Crippen molar-refractivity contribution in [1.29, 1.82) is 0 Å². The highest BCUT2D eigenvalue weighted by atomic mass is 32.2. The van der Waals surface area contributed by atoms with Gasteiger partial charge in [-0.3, -0.25) is 10.1 Å². The minimum atomic E-state index is -0.595. The third-order valence-corrected chi connectivity index (χ3v) is 4.45. The second-order valence-electron chi connectivity index (χ2n) is 5.39. The van der Waals surface area contributed by atoms with Crippen molar-refractivity contribution < 1.29 is 14.3 Å². The van der Waals surface area contributed by atoms with Crippen LogP contribution in [-0.2, 0) is 4.79 Å². The van der Waals surface area contributed by atoms with Crippen molar-refractivity contribution in [2.45, 2.75) is 31.0 Å². The molecule has 0 saturated carbocycles. The van der Waals surface area contributed by atoms with Crippen LogP contribution in [0.2, 0.25) is 0 Å². The number of hydrogen-bond donors (Lipinski definition) is 2. The number of anilines is 1. The number of rotatable bonds is 4. The first-order chi connectivity index (χ1) is 11.4. The molecule has 0 radical (unpaired) electrons. The van der Waals surface area contributed by atoms with Gasteiger partial charge in [-0.15, -0.1) is 0 Å². The topological polar surface area (TPSA) is 85.1 Å². The number of aromatic nitrogens is 1. The highest BCUT2D eigenvalue weighted by Crippen LogP contribution is 2.19. The van der Waals surface area contributed by atoms with Gasteiger partial charge < -0.3 is 10.5 Å². The van der Waals surface area contributed by atoms with Crippen LogP contribution in [0.3, 0.4) is 0 Å². The lowest BCUT2D eigenvalue weighted by molar-refractivity contribution is -0.645. The van der Waals surface area contributed by atoms with Crippen LogP contribution >= 0.6 is 11.8 Å². The predicted molar refractivity (Wildman–Crippen MR) is 93.8 cm³/mol. The minimum Gasteiger partial charge on any atom is -0.618 e. The summed E-state index contributed by atoms with van der Waals surface area (Å²) in [6.45, 7) is 5.48. The molecule has 7 heteroatoms. The van der Waals surface area contributed by atoms with E-state index >= 15 is 0 Å². The lowest BCUT2D eigenvalue weighted by Gasteiger charge is -2.12. The summed E-state index contributed by atoms with van der Waals surface area (Å²) >= 11 is 1.09. The molecule has 0 bridgehead atoms. The Kier molecular flexibility index (Phi) is 5.81. The summed E-state index contributed by atoms with van der Waals surface area (Å²) in [5.41, 5.74) is 2.65. The Balaban J connectivity index is 1.93. The maximum atomic E-state index is 12.1. The molecule has 3 amide bonds. The fourth-order valence-corrected chi connectivity index (χ4v) is 2.91. The molecular formula is C17H19N3O3S. The lowest BCUT2D eigenvalue weighted by Crippen LogP contribution is -2.39. The van der Waals surface area contributed by atoms with E-state index in [1.807, 2.05) is 26.0 Å². The van der Waals surface area contributed by atoms with Crippen LogP contribution < -0.4 is 15.4 Å². The number of urea groups is 1. The number of benzene rings is 1.